The summed E-state index contributed by atoms with van der Waals surface area (Å²) < 4.78 is 17.6. The standard InChI is InChI=1S/C19H21NO4S/c1-13-10-15(11-14(2)18(13)24-19(22)20(3)4)17(21)12-25(23)16-8-6-5-7-9-16/h5-11H,12H2,1-4H3. The Bertz CT molecular complexity index is 792. The van der Waals surface area contributed by atoms with Crippen LogP contribution in [0, 0.1) is 13.8 Å². The number of rotatable bonds is 5. The van der Waals surface area contributed by atoms with Crippen LogP contribution >= 0.6 is 0 Å². The predicted octanol–water partition coefficient (Wildman–Crippen LogP) is 3.35. The van der Waals surface area contributed by atoms with Crippen molar-refractivity contribution < 1.29 is 18.5 Å². The fraction of sp³-hybridized carbons (Fsp3) is 0.263. The zero-order valence-electron chi connectivity index (χ0n) is 14.7. The molecule has 0 radical (unpaired) electrons. The van der Waals surface area contributed by atoms with Crippen LogP contribution in [-0.2, 0) is 10.8 Å². The SMILES string of the molecule is Cc1cc(C(=O)CS(=O)c2ccccc2)cc(C)c1OC(=O)N(C)C. The molecule has 0 heterocycles. The van der Waals surface area contributed by atoms with E-state index in [1.165, 1.54) is 4.90 Å². The maximum absolute atomic E-state index is 12.5. The van der Waals surface area contributed by atoms with Gasteiger partial charge in [-0.25, -0.2) is 4.79 Å². The molecule has 0 aliphatic heterocycles. The number of hydrogen-bond donors (Lipinski definition) is 0. The van der Waals surface area contributed by atoms with Gasteiger partial charge < -0.3 is 9.64 Å². The summed E-state index contributed by atoms with van der Waals surface area (Å²) in [6.07, 6.45) is -0.476. The zero-order valence-corrected chi connectivity index (χ0v) is 15.6. The molecule has 25 heavy (non-hydrogen) atoms. The maximum Gasteiger partial charge on any atom is 0.414 e. The monoisotopic (exact) mass is 359 g/mol. The number of Topliss-reactive ketones (excluding diaryl/α,β-unsaturated/α-hetero) is 1. The van der Waals surface area contributed by atoms with Crippen molar-refractivity contribution >= 4 is 22.7 Å². The van der Waals surface area contributed by atoms with Gasteiger partial charge in [-0.1, -0.05) is 18.2 Å². The summed E-state index contributed by atoms with van der Waals surface area (Å²) in [5.41, 5.74) is 1.83. The van der Waals surface area contributed by atoms with Crippen LogP contribution in [0.2, 0.25) is 0 Å². The molecule has 2 aromatic rings. The normalized spacial score (nSPS) is 11.7. The summed E-state index contributed by atoms with van der Waals surface area (Å²) in [6, 6.07) is 12.2. The molecule has 5 nitrogen and oxygen atoms in total. The highest BCUT2D eigenvalue weighted by Crippen LogP contribution is 2.26. The average molecular weight is 359 g/mol. The van der Waals surface area contributed by atoms with E-state index in [-0.39, 0.29) is 11.5 Å². The van der Waals surface area contributed by atoms with Gasteiger partial charge in [-0.2, -0.15) is 0 Å². The molecule has 1 atom stereocenters. The van der Waals surface area contributed by atoms with Gasteiger partial charge in [0.1, 0.15) is 5.75 Å². The van der Waals surface area contributed by atoms with Crippen molar-refractivity contribution in [3.05, 3.63) is 59.2 Å². The van der Waals surface area contributed by atoms with Crippen molar-refractivity contribution in [1.82, 2.24) is 4.90 Å². The zero-order chi connectivity index (χ0) is 18.6. The minimum absolute atomic E-state index is 0.0836. The minimum Gasteiger partial charge on any atom is -0.410 e. The Morgan fingerprint density at radius 2 is 1.60 bits per heavy atom. The van der Waals surface area contributed by atoms with Gasteiger partial charge in [0, 0.05) is 24.6 Å². The molecule has 0 saturated carbocycles. The second-order valence-corrected chi connectivity index (χ2v) is 7.38. The van der Waals surface area contributed by atoms with E-state index in [9.17, 15) is 13.8 Å². The number of carbonyl (C=O) groups is 2. The number of hydrogen-bond acceptors (Lipinski definition) is 4. The quantitative estimate of drug-likeness (QED) is 0.768. The van der Waals surface area contributed by atoms with Gasteiger partial charge in [-0.3, -0.25) is 9.00 Å². The third kappa shape index (κ3) is 4.76. The van der Waals surface area contributed by atoms with Gasteiger partial charge in [0.2, 0.25) is 0 Å². The number of ketones is 1. The predicted molar refractivity (Wildman–Crippen MR) is 97.7 cm³/mol. The number of ether oxygens (including phenoxy) is 1. The summed E-state index contributed by atoms with van der Waals surface area (Å²) in [4.78, 5) is 26.2. The highest BCUT2D eigenvalue weighted by molar-refractivity contribution is 7.85. The lowest BCUT2D eigenvalue weighted by atomic mass is 10.0. The maximum atomic E-state index is 12.5. The van der Waals surface area contributed by atoms with Crippen LogP contribution in [0.1, 0.15) is 21.5 Å². The van der Waals surface area contributed by atoms with Gasteiger partial charge >= 0.3 is 6.09 Å². The first-order valence-electron chi connectivity index (χ1n) is 7.76. The van der Waals surface area contributed by atoms with Crippen LogP contribution in [0.4, 0.5) is 4.79 Å². The van der Waals surface area contributed by atoms with Gasteiger partial charge in [-0.05, 0) is 49.2 Å². The number of carbonyl (C=O) groups excluding carboxylic acids is 2. The van der Waals surface area contributed by atoms with Crippen molar-refractivity contribution in [2.45, 2.75) is 18.7 Å². The molecule has 0 spiro atoms. The topological polar surface area (TPSA) is 63.7 Å². The summed E-state index contributed by atoms with van der Waals surface area (Å²) in [7, 11) is 1.81. The van der Waals surface area contributed by atoms with Gasteiger partial charge in [0.15, 0.2) is 5.78 Å². The van der Waals surface area contributed by atoms with Crippen LogP contribution in [0.3, 0.4) is 0 Å². The summed E-state index contributed by atoms with van der Waals surface area (Å²) >= 11 is 0. The third-order valence-electron chi connectivity index (χ3n) is 3.61. The van der Waals surface area contributed by atoms with Crippen molar-refractivity contribution in [3.63, 3.8) is 0 Å². The largest absolute Gasteiger partial charge is 0.414 e. The number of benzene rings is 2. The smallest absolute Gasteiger partial charge is 0.410 e. The highest BCUT2D eigenvalue weighted by atomic mass is 32.2. The lowest BCUT2D eigenvalue weighted by Crippen LogP contribution is -2.26. The van der Waals surface area contributed by atoms with Crippen LogP contribution < -0.4 is 4.74 Å². The Kier molecular flexibility index (Phi) is 6.09. The summed E-state index contributed by atoms with van der Waals surface area (Å²) in [6.45, 7) is 3.55. The number of aryl methyl sites for hydroxylation is 2. The van der Waals surface area contributed by atoms with Crippen LogP contribution in [0.5, 0.6) is 5.75 Å². The Labute approximate surface area is 150 Å². The highest BCUT2D eigenvalue weighted by Gasteiger charge is 2.17. The molecule has 0 aromatic heterocycles. The van der Waals surface area contributed by atoms with E-state index in [4.69, 9.17) is 4.74 Å². The number of nitrogens with zero attached hydrogens (tertiary/aromatic N) is 1. The van der Waals surface area contributed by atoms with Gasteiger partial charge in [0.05, 0.1) is 16.6 Å². The van der Waals surface area contributed by atoms with Crippen molar-refractivity contribution in [3.8, 4) is 5.75 Å². The van der Waals surface area contributed by atoms with Crippen LogP contribution in [0.15, 0.2) is 47.4 Å². The van der Waals surface area contributed by atoms with E-state index in [1.807, 2.05) is 6.07 Å². The van der Waals surface area contributed by atoms with Crippen molar-refractivity contribution in [2.75, 3.05) is 19.8 Å². The lowest BCUT2D eigenvalue weighted by Gasteiger charge is -2.15. The molecule has 0 aliphatic carbocycles. The van der Waals surface area contributed by atoms with E-state index in [0.717, 1.165) is 0 Å². The first-order chi connectivity index (χ1) is 11.8. The van der Waals surface area contributed by atoms with Gasteiger partial charge in [-0.15, -0.1) is 0 Å². The Hall–Kier alpha value is -2.47. The van der Waals surface area contributed by atoms with Crippen molar-refractivity contribution in [2.24, 2.45) is 0 Å². The Balaban J connectivity index is 2.18. The van der Waals surface area contributed by atoms with E-state index < -0.39 is 16.9 Å². The molecule has 0 fully saturated rings. The molecule has 0 N–H and O–H groups in total. The number of amides is 1. The van der Waals surface area contributed by atoms with Crippen LogP contribution in [-0.4, -0.2) is 40.8 Å². The molecular formula is C19H21NO4S. The molecule has 2 aromatic carbocycles. The second kappa shape index (κ2) is 8.07. The first-order valence-corrected chi connectivity index (χ1v) is 9.08. The molecule has 6 heteroatoms. The van der Waals surface area contributed by atoms with E-state index in [1.54, 1.807) is 64.3 Å². The molecular weight excluding hydrogens is 338 g/mol. The summed E-state index contributed by atoms with van der Waals surface area (Å²) in [5, 5.41) is 0. The average Bonchev–Trinajstić information content (AvgIpc) is 2.58. The van der Waals surface area contributed by atoms with E-state index in [2.05, 4.69) is 0 Å². The van der Waals surface area contributed by atoms with E-state index in [0.29, 0.717) is 27.3 Å². The Morgan fingerprint density at radius 3 is 2.12 bits per heavy atom. The fourth-order valence-electron chi connectivity index (χ4n) is 2.31. The van der Waals surface area contributed by atoms with Crippen molar-refractivity contribution in [1.29, 1.82) is 0 Å². The summed E-state index contributed by atoms with van der Waals surface area (Å²) in [5.74, 6) is 0.151. The molecule has 0 aliphatic rings. The second-order valence-electron chi connectivity index (χ2n) is 5.93. The third-order valence-corrected chi connectivity index (χ3v) is 4.93. The molecule has 1 amide bonds. The molecule has 0 saturated heterocycles. The lowest BCUT2D eigenvalue weighted by molar-refractivity contribution is 0.102. The van der Waals surface area contributed by atoms with E-state index >= 15 is 0 Å². The van der Waals surface area contributed by atoms with Gasteiger partial charge in [0.25, 0.3) is 0 Å². The molecule has 132 valence electrons. The molecule has 0 bridgehead atoms. The fourth-order valence-corrected chi connectivity index (χ4v) is 3.34. The van der Waals surface area contributed by atoms with Crippen LogP contribution in [0.25, 0.3) is 0 Å². The first kappa shape index (κ1) is 18.9. The molecule has 2 rings (SSSR count). The minimum atomic E-state index is -1.39. The Morgan fingerprint density at radius 1 is 1.04 bits per heavy atom. The molecule has 1 unspecified atom stereocenters.